The van der Waals surface area contributed by atoms with Crippen molar-refractivity contribution < 1.29 is 4.39 Å². The highest BCUT2D eigenvalue weighted by atomic mass is 35.5. The Balaban J connectivity index is 2.33. The molecule has 0 saturated carbocycles. The SMILES string of the molecule is CC1(C)CCCN(c2c(F)cccc2CCl)C1. The van der Waals surface area contributed by atoms with Gasteiger partial charge in [-0.05, 0) is 29.9 Å². The van der Waals surface area contributed by atoms with Crippen molar-refractivity contribution >= 4 is 17.3 Å². The molecule has 17 heavy (non-hydrogen) atoms. The van der Waals surface area contributed by atoms with Gasteiger partial charge in [0.15, 0.2) is 0 Å². The van der Waals surface area contributed by atoms with Gasteiger partial charge in [0.05, 0.1) is 5.69 Å². The third kappa shape index (κ3) is 2.74. The standard InChI is InChI=1S/C14H19ClFN/c1-14(2)7-4-8-17(10-14)13-11(9-15)5-3-6-12(13)16/h3,5-6H,4,7-10H2,1-2H3. The van der Waals surface area contributed by atoms with Crippen LogP contribution in [0.4, 0.5) is 10.1 Å². The molecule has 0 aromatic heterocycles. The van der Waals surface area contributed by atoms with Crippen LogP contribution in [-0.4, -0.2) is 13.1 Å². The summed E-state index contributed by atoms with van der Waals surface area (Å²) in [4.78, 5) is 2.15. The van der Waals surface area contributed by atoms with E-state index in [2.05, 4.69) is 18.7 Å². The Bertz CT molecular complexity index is 403. The minimum atomic E-state index is -0.152. The number of halogens is 2. The molecule has 1 nitrogen and oxygen atoms in total. The predicted octanol–water partition coefficient (Wildman–Crippen LogP) is 4.19. The van der Waals surface area contributed by atoms with Crippen LogP contribution in [0.5, 0.6) is 0 Å². The molecule has 0 unspecified atom stereocenters. The first-order valence-corrected chi connectivity index (χ1v) is 6.65. The smallest absolute Gasteiger partial charge is 0.146 e. The number of rotatable bonds is 2. The van der Waals surface area contributed by atoms with E-state index in [-0.39, 0.29) is 11.2 Å². The number of para-hydroxylation sites is 1. The highest BCUT2D eigenvalue weighted by molar-refractivity contribution is 6.17. The molecule has 3 heteroatoms. The minimum Gasteiger partial charge on any atom is -0.368 e. The van der Waals surface area contributed by atoms with Crippen molar-refractivity contribution in [1.29, 1.82) is 0 Å². The minimum absolute atomic E-state index is 0.152. The van der Waals surface area contributed by atoms with Crippen LogP contribution in [0.1, 0.15) is 32.3 Å². The van der Waals surface area contributed by atoms with Crippen LogP contribution < -0.4 is 4.90 Å². The lowest BCUT2D eigenvalue weighted by molar-refractivity contribution is 0.291. The number of piperidine rings is 1. The average molecular weight is 256 g/mol. The van der Waals surface area contributed by atoms with Crippen molar-refractivity contribution in [2.24, 2.45) is 5.41 Å². The summed E-state index contributed by atoms with van der Waals surface area (Å²) in [6.45, 7) is 6.30. The molecule has 1 saturated heterocycles. The zero-order chi connectivity index (χ0) is 12.5. The largest absolute Gasteiger partial charge is 0.368 e. The summed E-state index contributed by atoms with van der Waals surface area (Å²) in [5, 5.41) is 0. The van der Waals surface area contributed by atoms with Gasteiger partial charge in [-0.2, -0.15) is 0 Å². The lowest BCUT2D eigenvalue weighted by Gasteiger charge is -2.40. The maximum atomic E-state index is 14.0. The van der Waals surface area contributed by atoms with Gasteiger partial charge in [0.25, 0.3) is 0 Å². The summed E-state index contributed by atoms with van der Waals surface area (Å²) in [5.41, 5.74) is 1.85. The third-order valence-corrected chi connectivity index (χ3v) is 3.72. The molecule has 0 amide bonds. The molecule has 1 heterocycles. The summed E-state index contributed by atoms with van der Waals surface area (Å²) in [7, 11) is 0. The Labute approximate surface area is 108 Å². The number of alkyl halides is 1. The van der Waals surface area contributed by atoms with Gasteiger partial charge in [-0.15, -0.1) is 11.6 Å². The van der Waals surface area contributed by atoms with Gasteiger partial charge in [-0.25, -0.2) is 4.39 Å². The maximum Gasteiger partial charge on any atom is 0.146 e. The van der Waals surface area contributed by atoms with E-state index in [1.165, 1.54) is 12.5 Å². The number of hydrogen-bond donors (Lipinski definition) is 0. The second-order valence-electron chi connectivity index (χ2n) is 5.57. The topological polar surface area (TPSA) is 3.24 Å². The average Bonchev–Trinajstić information content (AvgIpc) is 2.27. The van der Waals surface area contributed by atoms with Gasteiger partial charge in [0, 0.05) is 19.0 Å². The first-order chi connectivity index (χ1) is 8.03. The van der Waals surface area contributed by atoms with Crippen molar-refractivity contribution in [1.82, 2.24) is 0 Å². The normalized spacial score (nSPS) is 19.4. The van der Waals surface area contributed by atoms with Crippen LogP contribution in [0.2, 0.25) is 0 Å². The quantitative estimate of drug-likeness (QED) is 0.717. The summed E-state index contributed by atoms with van der Waals surface area (Å²) in [6.07, 6.45) is 2.32. The highest BCUT2D eigenvalue weighted by Crippen LogP contribution is 2.34. The molecule has 94 valence electrons. The van der Waals surface area contributed by atoms with Crippen LogP contribution in [-0.2, 0) is 5.88 Å². The number of anilines is 1. The second kappa shape index (κ2) is 4.85. The number of nitrogens with zero attached hydrogens (tertiary/aromatic N) is 1. The lowest BCUT2D eigenvalue weighted by atomic mass is 9.84. The van der Waals surface area contributed by atoms with Crippen molar-refractivity contribution in [3.63, 3.8) is 0 Å². The summed E-state index contributed by atoms with van der Waals surface area (Å²) >= 11 is 5.90. The zero-order valence-corrected chi connectivity index (χ0v) is 11.2. The first kappa shape index (κ1) is 12.7. The first-order valence-electron chi connectivity index (χ1n) is 6.12. The third-order valence-electron chi connectivity index (χ3n) is 3.43. The van der Waals surface area contributed by atoms with Crippen LogP contribution in [0.15, 0.2) is 18.2 Å². The van der Waals surface area contributed by atoms with Gasteiger partial charge in [0.2, 0.25) is 0 Å². The molecule has 0 radical (unpaired) electrons. The van der Waals surface area contributed by atoms with E-state index in [9.17, 15) is 4.39 Å². The maximum absolute atomic E-state index is 14.0. The molecule has 1 aromatic carbocycles. The molecule has 1 fully saturated rings. The van der Waals surface area contributed by atoms with E-state index in [4.69, 9.17) is 11.6 Å². The van der Waals surface area contributed by atoms with Gasteiger partial charge in [-0.1, -0.05) is 26.0 Å². The lowest BCUT2D eigenvalue weighted by Crippen LogP contribution is -2.40. The Kier molecular flexibility index (Phi) is 3.62. The summed E-state index contributed by atoms with van der Waals surface area (Å²) < 4.78 is 14.0. The zero-order valence-electron chi connectivity index (χ0n) is 10.5. The fourth-order valence-corrected chi connectivity index (χ4v) is 2.85. The van der Waals surface area contributed by atoms with E-state index in [1.54, 1.807) is 6.07 Å². The van der Waals surface area contributed by atoms with Gasteiger partial charge in [-0.3, -0.25) is 0 Å². The fourth-order valence-electron chi connectivity index (χ4n) is 2.64. The van der Waals surface area contributed by atoms with Gasteiger partial charge in [0.1, 0.15) is 5.82 Å². The summed E-state index contributed by atoms with van der Waals surface area (Å²) in [6, 6.07) is 5.16. The van der Waals surface area contributed by atoms with Gasteiger partial charge >= 0.3 is 0 Å². The van der Waals surface area contributed by atoms with E-state index < -0.39 is 0 Å². The summed E-state index contributed by atoms with van der Waals surface area (Å²) in [5.74, 6) is 0.213. The van der Waals surface area contributed by atoms with E-state index >= 15 is 0 Å². The highest BCUT2D eigenvalue weighted by Gasteiger charge is 2.28. The molecule has 0 atom stereocenters. The molecular formula is C14H19ClFN. The molecule has 0 N–H and O–H groups in total. The molecule has 0 spiro atoms. The molecular weight excluding hydrogens is 237 g/mol. The Morgan fingerprint density at radius 3 is 2.82 bits per heavy atom. The predicted molar refractivity (Wildman–Crippen MR) is 71.2 cm³/mol. The Hall–Kier alpha value is -0.760. The van der Waals surface area contributed by atoms with Crippen molar-refractivity contribution in [3.8, 4) is 0 Å². The van der Waals surface area contributed by atoms with E-state index in [0.29, 0.717) is 11.6 Å². The van der Waals surface area contributed by atoms with E-state index in [0.717, 1.165) is 25.1 Å². The Morgan fingerprint density at radius 1 is 1.41 bits per heavy atom. The van der Waals surface area contributed by atoms with Gasteiger partial charge < -0.3 is 4.90 Å². The van der Waals surface area contributed by atoms with Crippen LogP contribution in [0, 0.1) is 11.2 Å². The molecule has 1 aliphatic rings. The monoisotopic (exact) mass is 255 g/mol. The fraction of sp³-hybridized carbons (Fsp3) is 0.571. The molecule has 0 aliphatic carbocycles. The number of hydrogen-bond acceptors (Lipinski definition) is 1. The Morgan fingerprint density at radius 2 is 2.18 bits per heavy atom. The molecule has 1 aliphatic heterocycles. The van der Waals surface area contributed by atoms with Crippen LogP contribution in [0.3, 0.4) is 0 Å². The molecule has 1 aromatic rings. The molecule has 0 bridgehead atoms. The van der Waals surface area contributed by atoms with E-state index in [1.807, 2.05) is 6.07 Å². The second-order valence-corrected chi connectivity index (χ2v) is 5.84. The van der Waals surface area contributed by atoms with Crippen LogP contribution in [0.25, 0.3) is 0 Å². The molecule has 2 rings (SSSR count). The van der Waals surface area contributed by atoms with Crippen molar-refractivity contribution in [2.75, 3.05) is 18.0 Å². The number of benzene rings is 1. The van der Waals surface area contributed by atoms with Crippen LogP contribution >= 0.6 is 11.6 Å². The van der Waals surface area contributed by atoms with Crippen molar-refractivity contribution in [3.05, 3.63) is 29.6 Å². The van der Waals surface area contributed by atoms with Crippen molar-refractivity contribution in [2.45, 2.75) is 32.6 Å².